The lowest BCUT2D eigenvalue weighted by Crippen LogP contribution is -2.31. The van der Waals surface area contributed by atoms with E-state index in [1.54, 1.807) is 40.8 Å². The molecule has 186 valence electrons. The van der Waals surface area contributed by atoms with Crippen LogP contribution in [0.4, 0.5) is 13.2 Å². The molecular formula is C26H26ClF3N2O3. The Kier molecular flexibility index (Phi) is 6.86. The first-order valence-electron chi connectivity index (χ1n) is 11.4. The Morgan fingerprint density at radius 3 is 2.51 bits per heavy atom. The van der Waals surface area contributed by atoms with Gasteiger partial charge in [-0.25, -0.2) is 4.79 Å². The third-order valence-electron chi connectivity index (χ3n) is 6.47. The number of ether oxygens (including phenoxy) is 1. The van der Waals surface area contributed by atoms with Gasteiger partial charge in [0.25, 0.3) is 0 Å². The maximum Gasteiger partial charge on any atom is 0.416 e. The number of carbonyl (C=O) groups is 2. The van der Waals surface area contributed by atoms with Crippen LogP contribution in [0, 0.1) is 5.92 Å². The highest BCUT2D eigenvalue weighted by Crippen LogP contribution is 2.41. The fraction of sp³-hybridized carbons (Fsp3) is 0.385. The van der Waals surface area contributed by atoms with E-state index >= 15 is 0 Å². The van der Waals surface area contributed by atoms with Gasteiger partial charge in [0.1, 0.15) is 6.04 Å². The Morgan fingerprint density at radius 1 is 1.20 bits per heavy atom. The monoisotopic (exact) mass is 506 g/mol. The van der Waals surface area contributed by atoms with Gasteiger partial charge < -0.3 is 14.2 Å². The van der Waals surface area contributed by atoms with E-state index in [0.29, 0.717) is 39.2 Å². The zero-order valence-electron chi connectivity index (χ0n) is 19.7. The summed E-state index contributed by atoms with van der Waals surface area (Å²) in [6, 6.07) is 8.09. The zero-order valence-corrected chi connectivity index (χ0v) is 20.4. The van der Waals surface area contributed by atoms with Crippen molar-refractivity contribution in [3.63, 3.8) is 0 Å². The number of aromatic nitrogens is 1. The van der Waals surface area contributed by atoms with Crippen molar-refractivity contribution < 1.29 is 27.5 Å². The van der Waals surface area contributed by atoms with Crippen molar-refractivity contribution in [2.75, 3.05) is 13.7 Å². The van der Waals surface area contributed by atoms with Crippen molar-refractivity contribution in [2.45, 2.75) is 45.5 Å². The Labute approximate surface area is 206 Å². The quantitative estimate of drug-likeness (QED) is 0.345. The van der Waals surface area contributed by atoms with Gasteiger partial charge in [-0.3, -0.25) is 4.79 Å². The van der Waals surface area contributed by atoms with E-state index < -0.39 is 23.8 Å². The third kappa shape index (κ3) is 4.89. The second-order valence-electron chi connectivity index (χ2n) is 8.78. The molecule has 1 atom stereocenters. The molecule has 9 heteroatoms. The number of methoxy groups -OCH3 is 1. The summed E-state index contributed by atoms with van der Waals surface area (Å²) < 4.78 is 47.5. The Bertz CT molecular complexity index is 1280. The van der Waals surface area contributed by atoms with Gasteiger partial charge in [-0.1, -0.05) is 23.7 Å². The molecule has 3 aromatic rings. The van der Waals surface area contributed by atoms with Gasteiger partial charge in [-0.2, -0.15) is 13.2 Å². The summed E-state index contributed by atoms with van der Waals surface area (Å²) in [7, 11) is 1.29. The van der Waals surface area contributed by atoms with Crippen molar-refractivity contribution in [2.24, 2.45) is 5.92 Å². The zero-order chi connectivity index (χ0) is 25.5. The second-order valence-corrected chi connectivity index (χ2v) is 9.19. The van der Waals surface area contributed by atoms with E-state index in [-0.39, 0.29) is 18.4 Å². The highest BCUT2D eigenvalue weighted by atomic mass is 35.5. The van der Waals surface area contributed by atoms with Crippen LogP contribution in [-0.2, 0) is 27.0 Å². The molecule has 0 N–H and O–H groups in total. The predicted octanol–water partition coefficient (Wildman–Crippen LogP) is 6.47. The Morgan fingerprint density at radius 2 is 1.91 bits per heavy atom. The summed E-state index contributed by atoms with van der Waals surface area (Å²) in [4.78, 5) is 26.6. The number of fused-ring (bicyclic) bond motifs is 1. The Balaban J connectivity index is 1.91. The number of carbonyl (C=O) groups excluding carboxylic acids is 2. The fourth-order valence-corrected chi connectivity index (χ4v) is 4.65. The van der Waals surface area contributed by atoms with E-state index in [1.807, 2.05) is 6.92 Å². The van der Waals surface area contributed by atoms with Crippen molar-refractivity contribution in [1.82, 2.24) is 9.47 Å². The van der Waals surface area contributed by atoms with Crippen LogP contribution in [0.15, 0.2) is 42.6 Å². The molecule has 5 nitrogen and oxygen atoms in total. The van der Waals surface area contributed by atoms with Gasteiger partial charge in [0.05, 0.1) is 23.2 Å². The molecule has 35 heavy (non-hydrogen) atoms. The molecule has 1 aromatic heterocycles. The standard InChI is InChI=1S/C26H26ClF3N2O3/c1-4-31(24(33)16-8-9-16)13-17-12-18(26(28,29)30)10-11-19(17)20-14-32(15(2)25(34)35-3)22-7-5-6-21(27)23(20)22/h5-7,10-12,14-16H,4,8-9,13H2,1-3H3. The fourth-order valence-electron chi connectivity index (χ4n) is 4.38. The van der Waals surface area contributed by atoms with Gasteiger partial charge in [-0.15, -0.1) is 0 Å². The minimum absolute atomic E-state index is 0.0365. The lowest BCUT2D eigenvalue weighted by molar-refractivity contribution is -0.144. The van der Waals surface area contributed by atoms with Crippen molar-refractivity contribution in [1.29, 1.82) is 0 Å². The molecule has 1 aliphatic carbocycles. The number of hydrogen-bond acceptors (Lipinski definition) is 3. The molecule has 1 aliphatic rings. The first-order chi connectivity index (χ1) is 16.6. The summed E-state index contributed by atoms with van der Waals surface area (Å²) in [5.74, 6) is -0.564. The number of nitrogens with zero attached hydrogens (tertiary/aromatic N) is 2. The first-order valence-corrected chi connectivity index (χ1v) is 11.8. The molecular weight excluding hydrogens is 481 g/mol. The van der Waals surface area contributed by atoms with Gasteiger partial charge >= 0.3 is 12.1 Å². The summed E-state index contributed by atoms with van der Waals surface area (Å²) in [5, 5.41) is 1.02. The molecule has 0 spiro atoms. The van der Waals surface area contributed by atoms with E-state index in [9.17, 15) is 22.8 Å². The molecule has 1 fully saturated rings. The molecule has 4 rings (SSSR count). The van der Waals surface area contributed by atoms with Crippen LogP contribution in [0.3, 0.4) is 0 Å². The molecule has 1 heterocycles. The number of esters is 1. The predicted molar refractivity (Wildman–Crippen MR) is 128 cm³/mol. The van der Waals surface area contributed by atoms with Crippen molar-refractivity contribution in [3.05, 3.63) is 58.7 Å². The lowest BCUT2D eigenvalue weighted by atomic mass is 9.96. The minimum Gasteiger partial charge on any atom is -0.467 e. The topological polar surface area (TPSA) is 51.5 Å². The lowest BCUT2D eigenvalue weighted by Gasteiger charge is -2.23. The molecule has 1 amide bonds. The summed E-state index contributed by atoms with van der Waals surface area (Å²) >= 11 is 6.56. The smallest absolute Gasteiger partial charge is 0.416 e. The van der Waals surface area contributed by atoms with Crippen LogP contribution in [0.2, 0.25) is 5.02 Å². The molecule has 0 radical (unpaired) electrons. The first kappa shape index (κ1) is 25.1. The summed E-state index contributed by atoms with van der Waals surface area (Å²) in [5.41, 5.74) is 1.33. The number of hydrogen-bond donors (Lipinski definition) is 0. The highest BCUT2D eigenvalue weighted by molar-refractivity contribution is 6.36. The molecule has 2 aromatic carbocycles. The largest absolute Gasteiger partial charge is 0.467 e. The van der Waals surface area contributed by atoms with Crippen molar-refractivity contribution >= 4 is 34.4 Å². The van der Waals surface area contributed by atoms with Crippen LogP contribution in [0.25, 0.3) is 22.0 Å². The van der Waals surface area contributed by atoms with E-state index in [1.165, 1.54) is 13.2 Å². The third-order valence-corrected chi connectivity index (χ3v) is 6.79. The van der Waals surface area contributed by atoms with Crippen LogP contribution in [0.1, 0.15) is 43.9 Å². The number of alkyl halides is 3. The summed E-state index contributed by atoms with van der Waals surface area (Å²) in [6.07, 6.45) is -1.21. The number of halogens is 4. The van der Waals surface area contributed by atoms with Crippen LogP contribution in [0.5, 0.6) is 0 Å². The average molecular weight is 507 g/mol. The normalized spacial score (nSPS) is 14.7. The summed E-state index contributed by atoms with van der Waals surface area (Å²) in [6.45, 7) is 3.91. The maximum absolute atomic E-state index is 13.6. The Hall–Kier alpha value is -3.00. The van der Waals surface area contributed by atoms with Gasteiger partial charge in [0.15, 0.2) is 0 Å². The van der Waals surface area contributed by atoms with Gasteiger partial charge in [0, 0.05) is 36.2 Å². The van der Waals surface area contributed by atoms with Gasteiger partial charge in [-0.05, 0) is 62.1 Å². The minimum atomic E-state index is -4.53. The molecule has 0 bridgehead atoms. The SMILES string of the molecule is CCN(Cc1cc(C(F)(F)F)ccc1-c1cn(C(C)C(=O)OC)c2cccc(Cl)c12)C(=O)C1CC1. The van der Waals surface area contributed by atoms with E-state index in [0.717, 1.165) is 25.0 Å². The second kappa shape index (κ2) is 9.57. The number of rotatable bonds is 7. The molecule has 0 aliphatic heterocycles. The maximum atomic E-state index is 13.6. The molecule has 0 saturated heterocycles. The average Bonchev–Trinajstić information content (AvgIpc) is 3.61. The van der Waals surface area contributed by atoms with Crippen LogP contribution in [-0.4, -0.2) is 35.0 Å². The van der Waals surface area contributed by atoms with Crippen LogP contribution < -0.4 is 0 Å². The van der Waals surface area contributed by atoms with Crippen LogP contribution >= 0.6 is 11.6 Å². The van der Waals surface area contributed by atoms with Crippen molar-refractivity contribution in [3.8, 4) is 11.1 Å². The number of benzene rings is 2. The molecule has 1 unspecified atom stereocenters. The van der Waals surface area contributed by atoms with E-state index in [2.05, 4.69) is 0 Å². The molecule has 1 saturated carbocycles. The highest BCUT2D eigenvalue weighted by Gasteiger charge is 2.35. The van der Waals surface area contributed by atoms with Gasteiger partial charge in [0.2, 0.25) is 5.91 Å². The number of amides is 1. The van der Waals surface area contributed by atoms with E-state index in [4.69, 9.17) is 16.3 Å².